The number of benzene rings is 2. The van der Waals surface area contributed by atoms with Crippen molar-refractivity contribution >= 4 is 34.1 Å². The van der Waals surface area contributed by atoms with Crippen molar-refractivity contribution in [1.82, 2.24) is 9.97 Å². The average molecular weight is 395 g/mol. The van der Waals surface area contributed by atoms with Gasteiger partial charge in [0.1, 0.15) is 11.3 Å². The average Bonchev–Trinajstić information content (AvgIpc) is 2.70. The van der Waals surface area contributed by atoms with Crippen molar-refractivity contribution in [3.63, 3.8) is 0 Å². The van der Waals surface area contributed by atoms with Crippen LogP contribution in [0.5, 0.6) is 5.75 Å². The van der Waals surface area contributed by atoms with E-state index in [2.05, 4.69) is 9.97 Å². The number of halogens is 2. The van der Waals surface area contributed by atoms with E-state index < -0.39 is 0 Å². The van der Waals surface area contributed by atoms with E-state index in [4.69, 9.17) is 23.2 Å². The first-order valence-electron chi connectivity index (χ1n) is 8.55. The molecule has 4 aromatic rings. The molecular formula is C22H16Cl2N2O. The molecule has 1 atom stereocenters. The smallest absolute Gasteiger partial charge is 0.145 e. The van der Waals surface area contributed by atoms with Gasteiger partial charge in [-0.1, -0.05) is 53.5 Å². The summed E-state index contributed by atoms with van der Waals surface area (Å²) >= 11 is 12.4. The molecule has 0 radical (unpaired) electrons. The first kappa shape index (κ1) is 17.8. The van der Waals surface area contributed by atoms with Crippen molar-refractivity contribution in [2.45, 2.75) is 12.3 Å². The number of aromatic hydroxyl groups is 1. The molecule has 1 N–H and O–H groups in total. The molecule has 0 aliphatic rings. The van der Waals surface area contributed by atoms with Gasteiger partial charge in [-0.3, -0.25) is 9.97 Å². The molecule has 2 aromatic heterocycles. The monoisotopic (exact) mass is 394 g/mol. The highest BCUT2D eigenvalue weighted by Gasteiger charge is 2.21. The van der Waals surface area contributed by atoms with Gasteiger partial charge >= 0.3 is 0 Å². The molecule has 0 saturated heterocycles. The van der Waals surface area contributed by atoms with Crippen LogP contribution >= 0.6 is 23.2 Å². The second-order valence-electron chi connectivity index (χ2n) is 6.33. The maximum atomic E-state index is 10.9. The molecule has 0 aliphatic heterocycles. The lowest BCUT2D eigenvalue weighted by Gasteiger charge is -2.20. The highest BCUT2D eigenvalue weighted by molar-refractivity contribution is 6.42. The largest absolute Gasteiger partial charge is 0.505 e. The summed E-state index contributed by atoms with van der Waals surface area (Å²) in [6.45, 7) is 0. The maximum absolute atomic E-state index is 10.9. The lowest BCUT2D eigenvalue weighted by Crippen LogP contribution is -2.07. The number of aromatic nitrogens is 2. The lowest BCUT2D eigenvalue weighted by molar-refractivity contribution is 0.469. The third-order valence-electron chi connectivity index (χ3n) is 4.64. The van der Waals surface area contributed by atoms with Crippen LogP contribution in [0.3, 0.4) is 0 Å². The van der Waals surface area contributed by atoms with E-state index in [1.165, 1.54) is 0 Å². The summed E-state index contributed by atoms with van der Waals surface area (Å²) in [6.07, 6.45) is 4.06. The van der Waals surface area contributed by atoms with Crippen LogP contribution in [0.2, 0.25) is 10.0 Å². The molecule has 0 bridgehead atoms. The number of hydrogen-bond acceptors (Lipinski definition) is 3. The molecule has 0 spiro atoms. The molecule has 2 aromatic carbocycles. The van der Waals surface area contributed by atoms with Gasteiger partial charge in [-0.15, -0.1) is 0 Å². The normalized spacial score (nSPS) is 12.2. The molecule has 0 aliphatic carbocycles. The summed E-state index contributed by atoms with van der Waals surface area (Å²) in [6, 6.07) is 19.1. The van der Waals surface area contributed by atoms with Gasteiger partial charge in [0.2, 0.25) is 0 Å². The standard InChI is InChI=1S/C22H16Cl2N2O/c23-19-9-7-15(12-20(19)24)18(13-16-5-1-2-10-25-16)17-8-6-14-4-3-11-26-21(14)22(17)27/h1-12,18,27H,13H2. The van der Waals surface area contributed by atoms with E-state index >= 15 is 0 Å². The van der Waals surface area contributed by atoms with Crippen LogP contribution in [-0.2, 0) is 6.42 Å². The zero-order chi connectivity index (χ0) is 18.8. The summed E-state index contributed by atoms with van der Waals surface area (Å²) in [4.78, 5) is 8.79. The van der Waals surface area contributed by atoms with Crippen molar-refractivity contribution in [1.29, 1.82) is 0 Å². The zero-order valence-corrected chi connectivity index (χ0v) is 15.8. The minimum Gasteiger partial charge on any atom is -0.505 e. The van der Waals surface area contributed by atoms with E-state index in [0.717, 1.165) is 22.2 Å². The molecule has 2 heterocycles. The second-order valence-corrected chi connectivity index (χ2v) is 7.14. The highest BCUT2D eigenvalue weighted by atomic mass is 35.5. The first-order chi connectivity index (χ1) is 13.1. The van der Waals surface area contributed by atoms with Crippen LogP contribution in [0.4, 0.5) is 0 Å². The van der Waals surface area contributed by atoms with Crippen molar-refractivity contribution < 1.29 is 5.11 Å². The predicted molar refractivity (Wildman–Crippen MR) is 110 cm³/mol. The Morgan fingerprint density at radius 2 is 1.70 bits per heavy atom. The molecule has 27 heavy (non-hydrogen) atoms. The van der Waals surface area contributed by atoms with Gasteiger partial charge in [0.25, 0.3) is 0 Å². The SMILES string of the molecule is Oc1c(C(Cc2ccccn2)c2ccc(Cl)c(Cl)c2)ccc2cccnc12. The van der Waals surface area contributed by atoms with Crippen LogP contribution in [-0.4, -0.2) is 15.1 Å². The lowest BCUT2D eigenvalue weighted by atomic mass is 9.86. The molecule has 3 nitrogen and oxygen atoms in total. The number of rotatable bonds is 4. The Bertz CT molecular complexity index is 1100. The number of hydrogen-bond donors (Lipinski definition) is 1. The Morgan fingerprint density at radius 3 is 2.48 bits per heavy atom. The van der Waals surface area contributed by atoms with Crippen LogP contribution in [0.1, 0.15) is 22.7 Å². The number of pyridine rings is 2. The number of phenolic OH excluding ortho intramolecular Hbond substituents is 1. The fraction of sp³-hybridized carbons (Fsp3) is 0.0909. The van der Waals surface area contributed by atoms with Crippen molar-refractivity contribution in [3.8, 4) is 5.75 Å². The Hall–Kier alpha value is -2.62. The Labute approximate surface area is 167 Å². The van der Waals surface area contributed by atoms with Gasteiger partial charge in [0.15, 0.2) is 0 Å². The molecule has 0 saturated carbocycles. The van der Waals surface area contributed by atoms with E-state index in [9.17, 15) is 5.11 Å². The summed E-state index contributed by atoms with van der Waals surface area (Å²) in [5.74, 6) is 0.0428. The molecule has 4 rings (SSSR count). The van der Waals surface area contributed by atoms with Crippen LogP contribution in [0, 0.1) is 0 Å². The van der Waals surface area contributed by atoms with Crippen LogP contribution < -0.4 is 0 Å². The van der Waals surface area contributed by atoms with Gasteiger partial charge in [-0.05, 0) is 35.9 Å². The van der Waals surface area contributed by atoms with E-state index in [0.29, 0.717) is 22.0 Å². The van der Waals surface area contributed by atoms with E-state index in [1.807, 2.05) is 54.6 Å². The number of fused-ring (bicyclic) bond motifs is 1. The third kappa shape index (κ3) is 3.61. The summed E-state index contributed by atoms with van der Waals surface area (Å²) in [7, 11) is 0. The second kappa shape index (κ2) is 7.55. The Balaban J connectivity index is 1.87. The number of nitrogens with zero attached hydrogens (tertiary/aromatic N) is 2. The van der Waals surface area contributed by atoms with Crippen LogP contribution in [0.15, 0.2) is 73.1 Å². The molecule has 0 fully saturated rings. The minimum atomic E-state index is -0.138. The first-order valence-corrected chi connectivity index (χ1v) is 9.30. The molecule has 0 amide bonds. The Morgan fingerprint density at radius 1 is 0.852 bits per heavy atom. The van der Waals surface area contributed by atoms with Crippen molar-refractivity contribution in [2.75, 3.05) is 0 Å². The van der Waals surface area contributed by atoms with Gasteiger partial charge in [-0.25, -0.2) is 0 Å². The molecular weight excluding hydrogens is 379 g/mol. The third-order valence-corrected chi connectivity index (χ3v) is 5.38. The van der Waals surface area contributed by atoms with E-state index in [1.54, 1.807) is 18.5 Å². The zero-order valence-electron chi connectivity index (χ0n) is 14.3. The molecule has 5 heteroatoms. The highest BCUT2D eigenvalue weighted by Crippen LogP contribution is 2.39. The van der Waals surface area contributed by atoms with E-state index in [-0.39, 0.29) is 11.7 Å². The molecule has 134 valence electrons. The van der Waals surface area contributed by atoms with Crippen molar-refractivity contribution in [2.24, 2.45) is 0 Å². The summed E-state index contributed by atoms with van der Waals surface area (Å²) in [5.41, 5.74) is 3.25. The fourth-order valence-electron chi connectivity index (χ4n) is 3.29. The van der Waals surface area contributed by atoms with Gasteiger partial charge in [0.05, 0.1) is 10.0 Å². The Kier molecular flexibility index (Phi) is 4.97. The fourth-order valence-corrected chi connectivity index (χ4v) is 3.60. The van der Waals surface area contributed by atoms with Gasteiger partial charge in [-0.2, -0.15) is 0 Å². The summed E-state index contributed by atoms with van der Waals surface area (Å²) in [5, 5.41) is 12.8. The minimum absolute atomic E-state index is 0.138. The van der Waals surface area contributed by atoms with Crippen molar-refractivity contribution in [3.05, 3.63) is 99.9 Å². The molecule has 1 unspecified atom stereocenters. The topological polar surface area (TPSA) is 46.0 Å². The van der Waals surface area contributed by atoms with Gasteiger partial charge < -0.3 is 5.11 Å². The van der Waals surface area contributed by atoms with Crippen LogP contribution in [0.25, 0.3) is 10.9 Å². The maximum Gasteiger partial charge on any atom is 0.145 e. The summed E-state index contributed by atoms with van der Waals surface area (Å²) < 4.78 is 0. The number of phenols is 1. The van der Waals surface area contributed by atoms with Gasteiger partial charge in [0, 0.05) is 41.4 Å². The predicted octanol–water partition coefficient (Wildman–Crippen LogP) is 6.02. The quantitative estimate of drug-likeness (QED) is 0.460.